The first-order valence-electron chi connectivity index (χ1n) is 7.09. The molecular formula is C15H21F3N2. The molecule has 2 rings (SSSR count). The molecule has 1 aromatic rings. The van der Waals surface area contributed by atoms with Gasteiger partial charge in [-0.1, -0.05) is 18.2 Å². The maximum atomic E-state index is 12.2. The number of benzene rings is 1. The molecule has 0 aromatic heterocycles. The van der Waals surface area contributed by atoms with Crippen LogP contribution in [0.1, 0.15) is 25.3 Å². The highest BCUT2D eigenvalue weighted by molar-refractivity contribution is 5.55. The average Bonchev–Trinajstić information content (AvgIpc) is 2.59. The average molecular weight is 286 g/mol. The largest absolute Gasteiger partial charge is 0.401 e. The molecule has 0 saturated carbocycles. The summed E-state index contributed by atoms with van der Waals surface area (Å²) in [5.74, 6) is 0. The van der Waals surface area contributed by atoms with Gasteiger partial charge in [0.05, 0.1) is 6.54 Å². The van der Waals surface area contributed by atoms with Crippen LogP contribution in [-0.2, 0) is 6.42 Å². The van der Waals surface area contributed by atoms with Gasteiger partial charge in [-0.3, -0.25) is 0 Å². The third kappa shape index (κ3) is 4.13. The number of para-hydroxylation sites is 1. The number of anilines is 1. The van der Waals surface area contributed by atoms with Gasteiger partial charge in [-0.15, -0.1) is 0 Å². The minimum atomic E-state index is -4.14. The molecule has 1 N–H and O–H groups in total. The number of alkyl halides is 3. The van der Waals surface area contributed by atoms with Crippen LogP contribution in [0.3, 0.4) is 0 Å². The van der Waals surface area contributed by atoms with Gasteiger partial charge in [0, 0.05) is 24.8 Å². The highest BCUT2D eigenvalue weighted by Gasteiger charge is 2.27. The van der Waals surface area contributed by atoms with Crippen molar-refractivity contribution in [2.45, 2.75) is 38.4 Å². The van der Waals surface area contributed by atoms with E-state index in [1.807, 2.05) is 19.1 Å². The number of fused-ring (bicyclic) bond motifs is 1. The Morgan fingerprint density at radius 2 is 2.00 bits per heavy atom. The Balaban J connectivity index is 2.00. The summed E-state index contributed by atoms with van der Waals surface area (Å²) >= 11 is 0. The minimum absolute atomic E-state index is 0.0524. The smallest absolute Gasteiger partial charge is 0.367 e. The Morgan fingerprint density at radius 3 is 2.75 bits per heavy atom. The second-order valence-corrected chi connectivity index (χ2v) is 5.37. The highest BCUT2D eigenvalue weighted by Crippen LogP contribution is 2.27. The summed E-state index contributed by atoms with van der Waals surface area (Å²) in [6.07, 6.45) is -0.875. The molecule has 0 radical (unpaired) electrons. The highest BCUT2D eigenvalue weighted by atomic mass is 19.4. The molecule has 0 spiro atoms. The SMILES string of the molecule is CC(CNCC(F)(F)F)N1CCCCc2ccccc21. The van der Waals surface area contributed by atoms with Gasteiger partial charge in [0.2, 0.25) is 0 Å². The fourth-order valence-corrected chi connectivity index (χ4v) is 2.71. The maximum Gasteiger partial charge on any atom is 0.401 e. The molecule has 5 heteroatoms. The first-order chi connectivity index (χ1) is 9.47. The van der Waals surface area contributed by atoms with Crippen molar-refractivity contribution in [2.75, 3.05) is 24.5 Å². The standard InChI is InChI=1S/C15H21F3N2/c1-12(10-19-11-15(16,17)18)20-9-5-4-7-13-6-2-3-8-14(13)20/h2-3,6,8,12,19H,4-5,7,9-11H2,1H3. The Kier molecular flexibility index (Phi) is 4.91. The summed E-state index contributed by atoms with van der Waals surface area (Å²) in [7, 11) is 0. The van der Waals surface area contributed by atoms with E-state index in [2.05, 4.69) is 22.3 Å². The van der Waals surface area contributed by atoms with Crippen molar-refractivity contribution in [1.29, 1.82) is 0 Å². The maximum absolute atomic E-state index is 12.2. The third-order valence-corrected chi connectivity index (χ3v) is 3.69. The van der Waals surface area contributed by atoms with Crippen LogP contribution in [0.25, 0.3) is 0 Å². The van der Waals surface area contributed by atoms with E-state index in [-0.39, 0.29) is 6.04 Å². The van der Waals surface area contributed by atoms with Gasteiger partial charge >= 0.3 is 6.18 Å². The van der Waals surface area contributed by atoms with Crippen LogP contribution >= 0.6 is 0 Å². The van der Waals surface area contributed by atoms with Crippen LogP contribution in [0.4, 0.5) is 18.9 Å². The van der Waals surface area contributed by atoms with Gasteiger partial charge in [0.25, 0.3) is 0 Å². The summed E-state index contributed by atoms with van der Waals surface area (Å²) in [6, 6.07) is 8.25. The topological polar surface area (TPSA) is 15.3 Å². The normalized spacial score (nSPS) is 17.5. The Morgan fingerprint density at radius 1 is 1.25 bits per heavy atom. The summed E-state index contributed by atoms with van der Waals surface area (Å²) in [4.78, 5) is 2.23. The van der Waals surface area contributed by atoms with Crippen LogP contribution in [0, 0.1) is 0 Å². The number of hydrogen-bond donors (Lipinski definition) is 1. The molecule has 0 saturated heterocycles. The first kappa shape index (κ1) is 15.2. The zero-order valence-corrected chi connectivity index (χ0v) is 11.7. The Bertz CT molecular complexity index is 431. The molecule has 1 heterocycles. The number of rotatable bonds is 4. The molecule has 1 aromatic carbocycles. The van der Waals surface area contributed by atoms with E-state index in [0.717, 1.165) is 25.8 Å². The van der Waals surface area contributed by atoms with Gasteiger partial charge in [-0.2, -0.15) is 13.2 Å². The molecule has 0 fully saturated rings. The Hall–Kier alpha value is -1.23. The van der Waals surface area contributed by atoms with Crippen molar-refractivity contribution in [1.82, 2.24) is 5.32 Å². The molecule has 1 atom stereocenters. The van der Waals surface area contributed by atoms with Crippen molar-refractivity contribution >= 4 is 5.69 Å². The number of nitrogens with one attached hydrogen (secondary N) is 1. The lowest BCUT2D eigenvalue weighted by Gasteiger charge is -2.32. The summed E-state index contributed by atoms with van der Waals surface area (Å²) in [6.45, 7) is 2.30. The second-order valence-electron chi connectivity index (χ2n) is 5.37. The third-order valence-electron chi connectivity index (χ3n) is 3.69. The van der Waals surface area contributed by atoms with E-state index in [4.69, 9.17) is 0 Å². The quantitative estimate of drug-likeness (QED) is 0.913. The molecule has 0 bridgehead atoms. The molecular weight excluding hydrogens is 265 g/mol. The fraction of sp³-hybridized carbons (Fsp3) is 0.600. The number of aryl methyl sites for hydroxylation is 1. The van der Waals surface area contributed by atoms with Gasteiger partial charge < -0.3 is 10.2 Å². The van der Waals surface area contributed by atoms with E-state index >= 15 is 0 Å². The minimum Gasteiger partial charge on any atom is -0.367 e. The number of nitrogens with zero attached hydrogens (tertiary/aromatic N) is 1. The monoisotopic (exact) mass is 286 g/mol. The molecule has 1 unspecified atom stereocenters. The van der Waals surface area contributed by atoms with E-state index in [9.17, 15) is 13.2 Å². The van der Waals surface area contributed by atoms with E-state index < -0.39 is 12.7 Å². The fourth-order valence-electron chi connectivity index (χ4n) is 2.71. The van der Waals surface area contributed by atoms with Crippen LogP contribution < -0.4 is 10.2 Å². The molecule has 2 nitrogen and oxygen atoms in total. The van der Waals surface area contributed by atoms with Crippen molar-refractivity contribution in [3.05, 3.63) is 29.8 Å². The number of halogens is 3. The van der Waals surface area contributed by atoms with Gasteiger partial charge in [0.1, 0.15) is 0 Å². The number of hydrogen-bond acceptors (Lipinski definition) is 2. The van der Waals surface area contributed by atoms with Crippen molar-refractivity contribution < 1.29 is 13.2 Å². The lowest BCUT2D eigenvalue weighted by molar-refractivity contribution is -0.124. The predicted molar refractivity (Wildman–Crippen MR) is 75.1 cm³/mol. The molecule has 0 aliphatic carbocycles. The summed E-state index contributed by atoms with van der Waals surface area (Å²) in [5.41, 5.74) is 2.47. The van der Waals surface area contributed by atoms with Crippen LogP contribution in [-0.4, -0.2) is 31.9 Å². The molecule has 0 amide bonds. The predicted octanol–water partition coefficient (Wildman–Crippen LogP) is 3.37. The van der Waals surface area contributed by atoms with Crippen LogP contribution in [0.5, 0.6) is 0 Å². The summed E-state index contributed by atoms with van der Waals surface area (Å²) < 4.78 is 36.5. The molecule has 112 valence electrons. The van der Waals surface area contributed by atoms with Gasteiger partial charge in [-0.25, -0.2) is 0 Å². The van der Waals surface area contributed by atoms with E-state index in [0.29, 0.717) is 6.54 Å². The molecule has 1 aliphatic heterocycles. The van der Waals surface area contributed by atoms with Crippen LogP contribution in [0.15, 0.2) is 24.3 Å². The van der Waals surface area contributed by atoms with Gasteiger partial charge in [0.15, 0.2) is 0 Å². The zero-order chi connectivity index (χ0) is 14.6. The van der Waals surface area contributed by atoms with Gasteiger partial charge in [-0.05, 0) is 37.8 Å². The molecule has 20 heavy (non-hydrogen) atoms. The van der Waals surface area contributed by atoms with E-state index in [1.165, 1.54) is 11.3 Å². The zero-order valence-electron chi connectivity index (χ0n) is 11.7. The first-order valence-corrected chi connectivity index (χ1v) is 7.09. The van der Waals surface area contributed by atoms with Crippen LogP contribution in [0.2, 0.25) is 0 Å². The lowest BCUT2D eigenvalue weighted by atomic mass is 10.1. The summed E-state index contributed by atoms with van der Waals surface area (Å²) in [5, 5.41) is 2.51. The van der Waals surface area contributed by atoms with E-state index in [1.54, 1.807) is 0 Å². The Labute approximate surface area is 118 Å². The lowest BCUT2D eigenvalue weighted by Crippen LogP contribution is -2.43. The second kappa shape index (κ2) is 6.48. The van der Waals surface area contributed by atoms with Crippen molar-refractivity contribution in [2.24, 2.45) is 0 Å². The molecule has 1 aliphatic rings. The van der Waals surface area contributed by atoms with Crippen molar-refractivity contribution in [3.63, 3.8) is 0 Å². The van der Waals surface area contributed by atoms with Crippen molar-refractivity contribution in [3.8, 4) is 0 Å².